The molecule has 1 saturated heterocycles. The Morgan fingerprint density at radius 1 is 1.40 bits per heavy atom. The second kappa shape index (κ2) is 7.11. The van der Waals surface area contributed by atoms with Crippen LogP contribution in [0.2, 0.25) is 0 Å². The topological polar surface area (TPSA) is 75.7 Å². The van der Waals surface area contributed by atoms with Gasteiger partial charge in [0.05, 0.1) is 10.2 Å². The predicted molar refractivity (Wildman–Crippen MR) is 89.5 cm³/mol. The molecule has 25 heavy (non-hydrogen) atoms. The van der Waals surface area contributed by atoms with E-state index in [1.54, 1.807) is 6.07 Å². The van der Waals surface area contributed by atoms with E-state index in [0.717, 1.165) is 40.4 Å². The first kappa shape index (κ1) is 16.5. The maximum absolute atomic E-state index is 12.9. The van der Waals surface area contributed by atoms with Crippen LogP contribution in [0.3, 0.4) is 0 Å². The molecule has 0 aliphatic carbocycles. The average molecular weight is 365 g/mol. The van der Waals surface area contributed by atoms with Crippen LogP contribution in [0.1, 0.15) is 35.3 Å². The zero-order valence-electron chi connectivity index (χ0n) is 13.3. The van der Waals surface area contributed by atoms with Gasteiger partial charge in [-0.2, -0.15) is 5.10 Å². The van der Waals surface area contributed by atoms with E-state index in [9.17, 15) is 8.78 Å². The van der Waals surface area contributed by atoms with Crippen LogP contribution in [0.4, 0.5) is 8.78 Å². The first-order valence-electron chi connectivity index (χ1n) is 8.06. The Hall–Kier alpha value is -1.97. The molecule has 2 atom stereocenters. The van der Waals surface area contributed by atoms with Crippen molar-refractivity contribution >= 4 is 21.6 Å². The molecule has 0 amide bonds. The Labute approximate surface area is 146 Å². The molecule has 0 unspecified atom stereocenters. The summed E-state index contributed by atoms with van der Waals surface area (Å²) in [7, 11) is 0. The lowest BCUT2D eigenvalue weighted by atomic mass is 10.0. The maximum atomic E-state index is 12.9. The maximum Gasteiger partial charge on any atom is 0.289 e. The van der Waals surface area contributed by atoms with Crippen molar-refractivity contribution in [3.63, 3.8) is 0 Å². The average Bonchev–Trinajstić information content (AvgIpc) is 3.34. The number of H-pyrrole nitrogens is 1. The van der Waals surface area contributed by atoms with Crippen molar-refractivity contribution < 1.29 is 13.5 Å². The monoisotopic (exact) mass is 365 g/mol. The number of fused-ring (bicyclic) bond motifs is 1. The number of aromatic amines is 1. The lowest BCUT2D eigenvalue weighted by Crippen LogP contribution is -2.25. The Balaban J connectivity index is 1.42. The van der Waals surface area contributed by atoms with Gasteiger partial charge in [-0.15, -0.1) is 11.3 Å². The minimum Gasteiger partial charge on any atom is -0.370 e. The van der Waals surface area contributed by atoms with Gasteiger partial charge in [-0.25, -0.2) is 18.7 Å². The van der Waals surface area contributed by atoms with Crippen LogP contribution in [0, 0.1) is 5.92 Å². The van der Waals surface area contributed by atoms with Gasteiger partial charge >= 0.3 is 0 Å². The Kier molecular flexibility index (Phi) is 4.69. The van der Waals surface area contributed by atoms with Crippen molar-refractivity contribution in [1.29, 1.82) is 0 Å². The highest BCUT2D eigenvalue weighted by Gasteiger charge is 2.31. The number of hydrogen-bond acceptors (Lipinski definition) is 6. The predicted octanol–water partition coefficient (Wildman–Crippen LogP) is 3.22. The number of aromatic nitrogens is 4. The SMILES string of the molecule is FC(F)c1nc2cccc(CNC[C@@H]3CCO[C@@H]3c3ncn[nH]3)c2s1. The normalized spacial score (nSPS) is 20.8. The summed E-state index contributed by atoms with van der Waals surface area (Å²) in [5.41, 5.74) is 1.61. The fraction of sp³-hybridized carbons (Fsp3) is 0.438. The van der Waals surface area contributed by atoms with Crippen molar-refractivity contribution in [2.45, 2.75) is 25.5 Å². The highest BCUT2D eigenvalue weighted by molar-refractivity contribution is 7.18. The van der Waals surface area contributed by atoms with Gasteiger partial charge in [0.15, 0.2) is 10.8 Å². The van der Waals surface area contributed by atoms with Crippen LogP contribution in [0.25, 0.3) is 10.2 Å². The summed E-state index contributed by atoms with van der Waals surface area (Å²) in [6, 6.07) is 5.57. The third kappa shape index (κ3) is 3.39. The Morgan fingerprint density at radius 3 is 3.12 bits per heavy atom. The number of alkyl halides is 2. The lowest BCUT2D eigenvalue weighted by molar-refractivity contribution is 0.0836. The van der Waals surface area contributed by atoms with Gasteiger partial charge < -0.3 is 10.1 Å². The summed E-state index contributed by atoms with van der Waals surface area (Å²) in [6.07, 6.45) is -0.193. The number of hydrogen-bond donors (Lipinski definition) is 2. The first-order chi connectivity index (χ1) is 12.2. The molecule has 0 radical (unpaired) electrons. The molecular weight excluding hydrogens is 348 g/mol. The molecule has 1 aliphatic rings. The molecule has 132 valence electrons. The van der Waals surface area contributed by atoms with Crippen molar-refractivity contribution in [1.82, 2.24) is 25.5 Å². The molecular formula is C16H17F2N5OS. The molecule has 3 heterocycles. The Morgan fingerprint density at radius 2 is 2.32 bits per heavy atom. The molecule has 2 N–H and O–H groups in total. The second-order valence-electron chi connectivity index (χ2n) is 5.96. The highest BCUT2D eigenvalue weighted by atomic mass is 32.1. The molecule has 0 spiro atoms. The number of nitrogens with zero attached hydrogens (tertiary/aromatic N) is 3. The fourth-order valence-corrected chi connectivity index (χ4v) is 4.08. The van der Waals surface area contributed by atoms with E-state index in [2.05, 4.69) is 25.5 Å². The van der Waals surface area contributed by atoms with Crippen LogP contribution in [0.15, 0.2) is 24.5 Å². The second-order valence-corrected chi connectivity index (χ2v) is 6.99. The number of ether oxygens (including phenoxy) is 1. The van der Waals surface area contributed by atoms with Crippen LogP contribution < -0.4 is 5.32 Å². The van der Waals surface area contributed by atoms with Gasteiger partial charge in [0.2, 0.25) is 0 Å². The zero-order valence-corrected chi connectivity index (χ0v) is 14.1. The molecule has 0 saturated carbocycles. The summed E-state index contributed by atoms with van der Waals surface area (Å²) in [4.78, 5) is 8.18. The van der Waals surface area contributed by atoms with Gasteiger partial charge in [0.1, 0.15) is 12.4 Å². The third-order valence-electron chi connectivity index (χ3n) is 4.34. The van der Waals surface area contributed by atoms with E-state index >= 15 is 0 Å². The van der Waals surface area contributed by atoms with E-state index in [1.807, 2.05) is 12.1 Å². The third-order valence-corrected chi connectivity index (χ3v) is 5.49. The molecule has 1 aromatic carbocycles. The number of rotatable bonds is 6. The largest absolute Gasteiger partial charge is 0.370 e. The molecule has 3 aromatic rings. The molecule has 6 nitrogen and oxygen atoms in total. The van der Waals surface area contributed by atoms with E-state index < -0.39 is 6.43 Å². The van der Waals surface area contributed by atoms with E-state index in [0.29, 0.717) is 24.6 Å². The van der Waals surface area contributed by atoms with Crippen molar-refractivity contribution in [3.8, 4) is 0 Å². The van der Waals surface area contributed by atoms with E-state index in [1.165, 1.54) is 6.33 Å². The van der Waals surface area contributed by atoms with Gasteiger partial charge in [-0.1, -0.05) is 12.1 Å². The van der Waals surface area contributed by atoms with Gasteiger partial charge in [0.25, 0.3) is 6.43 Å². The number of halogens is 2. The lowest BCUT2D eigenvalue weighted by Gasteiger charge is -2.16. The van der Waals surface area contributed by atoms with E-state index in [-0.39, 0.29) is 11.1 Å². The van der Waals surface area contributed by atoms with Crippen LogP contribution in [-0.4, -0.2) is 33.3 Å². The van der Waals surface area contributed by atoms with Gasteiger partial charge in [-0.05, 0) is 18.1 Å². The molecule has 9 heteroatoms. The summed E-state index contributed by atoms with van der Waals surface area (Å²) < 4.78 is 32.3. The summed E-state index contributed by atoms with van der Waals surface area (Å²) in [5, 5.41) is 10.0. The minimum atomic E-state index is -2.53. The summed E-state index contributed by atoms with van der Waals surface area (Å²) >= 11 is 1.06. The van der Waals surface area contributed by atoms with Crippen molar-refractivity contribution in [2.24, 2.45) is 5.92 Å². The zero-order chi connectivity index (χ0) is 17.2. The standard InChI is InChI=1S/C16H17F2N5OS/c17-14(18)16-22-11-3-1-2-10(13(11)25-16)7-19-6-9-4-5-24-12(9)15-20-8-21-23-15/h1-3,8-9,12,14,19H,4-7H2,(H,20,21,23)/t9-,12-/m0/s1. The minimum absolute atomic E-state index is 0.0837. The van der Waals surface area contributed by atoms with Crippen molar-refractivity contribution in [3.05, 3.63) is 40.9 Å². The summed E-state index contributed by atoms with van der Waals surface area (Å²) in [6.45, 7) is 2.05. The van der Waals surface area contributed by atoms with Crippen molar-refractivity contribution in [2.75, 3.05) is 13.2 Å². The summed E-state index contributed by atoms with van der Waals surface area (Å²) in [5.74, 6) is 1.04. The quantitative estimate of drug-likeness (QED) is 0.701. The van der Waals surface area contributed by atoms with Crippen LogP contribution in [-0.2, 0) is 11.3 Å². The number of nitrogens with one attached hydrogen (secondary N) is 2. The smallest absolute Gasteiger partial charge is 0.289 e. The Bertz CT molecular complexity index is 838. The fourth-order valence-electron chi connectivity index (χ4n) is 3.15. The first-order valence-corrected chi connectivity index (χ1v) is 8.88. The molecule has 0 bridgehead atoms. The number of benzene rings is 1. The highest BCUT2D eigenvalue weighted by Crippen LogP contribution is 2.33. The van der Waals surface area contributed by atoms with Crippen LogP contribution >= 0.6 is 11.3 Å². The number of thiazole rings is 1. The van der Waals surface area contributed by atoms with Gasteiger partial charge in [0, 0.05) is 25.6 Å². The van der Waals surface area contributed by atoms with Gasteiger partial charge in [-0.3, -0.25) is 5.10 Å². The molecule has 1 aliphatic heterocycles. The molecule has 1 fully saturated rings. The molecule has 2 aromatic heterocycles. The molecule has 4 rings (SSSR count). The van der Waals surface area contributed by atoms with E-state index in [4.69, 9.17) is 4.74 Å². The van der Waals surface area contributed by atoms with Crippen LogP contribution in [0.5, 0.6) is 0 Å².